The van der Waals surface area contributed by atoms with Crippen molar-refractivity contribution in [1.29, 1.82) is 0 Å². The highest BCUT2D eigenvalue weighted by atomic mass is 16.1. The summed E-state index contributed by atoms with van der Waals surface area (Å²) in [7, 11) is 0. The third kappa shape index (κ3) is 1.61. The molecular weight excluding hydrogens is 162 g/mol. The Labute approximate surface area is 77.3 Å². The zero-order valence-electron chi connectivity index (χ0n) is 7.50. The van der Waals surface area contributed by atoms with Crippen LogP contribution in [0.3, 0.4) is 0 Å². The number of carbonyl (C=O) groups excluding carboxylic acids is 1. The molecule has 0 saturated heterocycles. The standard InChI is InChI=1S/C11H11NO/c1-8-6-9-4-2-3-5-10(9)12-11(13)7-8/h2-6H,7H2,1H3,(H,12,13). The van der Waals surface area contributed by atoms with Crippen molar-refractivity contribution in [1.82, 2.24) is 0 Å². The first-order valence-electron chi connectivity index (χ1n) is 4.32. The number of fused-ring (bicyclic) bond motifs is 1. The molecule has 66 valence electrons. The lowest BCUT2D eigenvalue weighted by molar-refractivity contribution is -0.115. The molecule has 1 aromatic carbocycles. The number of carbonyl (C=O) groups is 1. The summed E-state index contributed by atoms with van der Waals surface area (Å²) in [5, 5.41) is 2.86. The molecule has 1 aliphatic rings. The molecule has 1 amide bonds. The average molecular weight is 173 g/mol. The van der Waals surface area contributed by atoms with Crippen LogP contribution in [0.1, 0.15) is 18.9 Å². The van der Waals surface area contributed by atoms with Gasteiger partial charge in [0.25, 0.3) is 0 Å². The fourth-order valence-electron chi connectivity index (χ4n) is 1.50. The Morgan fingerprint density at radius 1 is 1.31 bits per heavy atom. The zero-order valence-corrected chi connectivity index (χ0v) is 7.50. The van der Waals surface area contributed by atoms with E-state index in [0.717, 1.165) is 16.8 Å². The van der Waals surface area contributed by atoms with E-state index in [2.05, 4.69) is 5.32 Å². The first-order chi connectivity index (χ1) is 6.25. The molecule has 2 heteroatoms. The van der Waals surface area contributed by atoms with Crippen molar-refractivity contribution in [3.05, 3.63) is 35.4 Å². The molecule has 0 saturated carbocycles. The van der Waals surface area contributed by atoms with Gasteiger partial charge in [-0.15, -0.1) is 0 Å². The molecule has 0 fully saturated rings. The van der Waals surface area contributed by atoms with Gasteiger partial charge in [-0.05, 0) is 18.6 Å². The lowest BCUT2D eigenvalue weighted by atomic mass is 10.1. The van der Waals surface area contributed by atoms with E-state index in [4.69, 9.17) is 0 Å². The third-order valence-corrected chi connectivity index (χ3v) is 2.08. The van der Waals surface area contributed by atoms with Gasteiger partial charge in [0.2, 0.25) is 5.91 Å². The maximum Gasteiger partial charge on any atom is 0.228 e. The van der Waals surface area contributed by atoms with E-state index < -0.39 is 0 Å². The number of anilines is 1. The summed E-state index contributed by atoms with van der Waals surface area (Å²) in [5.74, 6) is 0.0682. The van der Waals surface area contributed by atoms with Crippen LogP contribution < -0.4 is 5.32 Å². The van der Waals surface area contributed by atoms with E-state index in [1.54, 1.807) is 0 Å². The van der Waals surface area contributed by atoms with E-state index in [-0.39, 0.29) is 5.91 Å². The van der Waals surface area contributed by atoms with Crippen LogP contribution in [0, 0.1) is 0 Å². The van der Waals surface area contributed by atoms with Crippen LogP contribution in [0.15, 0.2) is 29.8 Å². The van der Waals surface area contributed by atoms with Gasteiger partial charge in [-0.3, -0.25) is 4.79 Å². The molecule has 0 aliphatic carbocycles. The van der Waals surface area contributed by atoms with Crippen molar-refractivity contribution in [2.24, 2.45) is 0 Å². The summed E-state index contributed by atoms with van der Waals surface area (Å²) in [6, 6.07) is 7.82. The largest absolute Gasteiger partial charge is 0.325 e. The smallest absolute Gasteiger partial charge is 0.228 e. The molecular formula is C11H11NO. The Morgan fingerprint density at radius 2 is 2.08 bits per heavy atom. The lowest BCUT2D eigenvalue weighted by Gasteiger charge is -2.03. The Kier molecular flexibility index (Phi) is 1.89. The van der Waals surface area contributed by atoms with Gasteiger partial charge in [0.05, 0.1) is 0 Å². The van der Waals surface area contributed by atoms with Gasteiger partial charge in [0.15, 0.2) is 0 Å². The van der Waals surface area contributed by atoms with Crippen LogP contribution >= 0.6 is 0 Å². The van der Waals surface area contributed by atoms with Gasteiger partial charge in [-0.2, -0.15) is 0 Å². The van der Waals surface area contributed by atoms with E-state index in [1.165, 1.54) is 0 Å². The summed E-state index contributed by atoms with van der Waals surface area (Å²) < 4.78 is 0. The topological polar surface area (TPSA) is 29.1 Å². The van der Waals surface area contributed by atoms with Crippen molar-refractivity contribution in [2.75, 3.05) is 5.32 Å². The van der Waals surface area contributed by atoms with Gasteiger partial charge in [-0.25, -0.2) is 0 Å². The fourth-order valence-corrected chi connectivity index (χ4v) is 1.50. The Bertz CT molecular complexity index is 379. The summed E-state index contributed by atoms with van der Waals surface area (Å²) in [4.78, 5) is 11.3. The van der Waals surface area contributed by atoms with Crippen LogP contribution in [-0.4, -0.2) is 5.91 Å². The summed E-state index contributed by atoms with van der Waals surface area (Å²) in [6.45, 7) is 1.97. The molecule has 1 heterocycles. The Hall–Kier alpha value is -1.57. The maximum absolute atomic E-state index is 11.3. The quantitative estimate of drug-likeness (QED) is 0.641. The van der Waals surface area contributed by atoms with Crippen molar-refractivity contribution in [3.8, 4) is 0 Å². The van der Waals surface area contributed by atoms with Gasteiger partial charge in [0.1, 0.15) is 0 Å². The van der Waals surface area contributed by atoms with Crippen LogP contribution in [0.4, 0.5) is 5.69 Å². The first kappa shape index (κ1) is 8.05. The minimum absolute atomic E-state index is 0.0682. The fraction of sp³-hybridized carbons (Fsp3) is 0.182. The number of hydrogen-bond acceptors (Lipinski definition) is 1. The van der Waals surface area contributed by atoms with Crippen LogP contribution in [-0.2, 0) is 4.79 Å². The van der Waals surface area contributed by atoms with Crippen LogP contribution in [0.5, 0.6) is 0 Å². The second-order valence-corrected chi connectivity index (χ2v) is 3.30. The Balaban J connectivity index is 2.51. The van der Waals surface area contributed by atoms with Crippen molar-refractivity contribution >= 4 is 17.7 Å². The van der Waals surface area contributed by atoms with Crippen molar-refractivity contribution < 1.29 is 4.79 Å². The maximum atomic E-state index is 11.3. The molecule has 2 rings (SSSR count). The molecule has 13 heavy (non-hydrogen) atoms. The minimum Gasteiger partial charge on any atom is -0.325 e. The van der Waals surface area contributed by atoms with Crippen molar-refractivity contribution in [3.63, 3.8) is 0 Å². The summed E-state index contributed by atoms with van der Waals surface area (Å²) in [6.07, 6.45) is 2.54. The normalized spacial score (nSPS) is 15.5. The molecule has 0 bridgehead atoms. The van der Waals surface area contributed by atoms with Crippen LogP contribution in [0.2, 0.25) is 0 Å². The molecule has 0 radical (unpaired) electrons. The SMILES string of the molecule is CC1=Cc2ccccc2NC(=O)C1. The molecule has 1 N–H and O–H groups in total. The number of hydrogen-bond donors (Lipinski definition) is 1. The van der Waals surface area contributed by atoms with Gasteiger partial charge in [-0.1, -0.05) is 29.8 Å². The highest BCUT2D eigenvalue weighted by Crippen LogP contribution is 2.22. The highest BCUT2D eigenvalue weighted by Gasteiger charge is 2.10. The predicted octanol–water partition coefficient (Wildman–Crippen LogP) is 2.43. The Morgan fingerprint density at radius 3 is 2.92 bits per heavy atom. The van der Waals surface area contributed by atoms with E-state index in [1.807, 2.05) is 37.3 Å². The molecule has 0 spiro atoms. The molecule has 1 aliphatic heterocycles. The second kappa shape index (κ2) is 3.05. The monoisotopic (exact) mass is 173 g/mol. The van der Waals surface area contributed by atoms with Gasteiger partial charge in [0, 0.05) is 12.1 Å². The second-order valence-electron chi connectivity index (χ2n) is 3.30. The zero-order chi connectivity index (χ0) is 9.26. The molecule has 0 atom stereocenters. The number of para-hydroxylation sites is 1. The minimum atomic E-state index is 0.0682. The number of rotatable bonds is 0. The third-order valence-electron chi connectivity index (χ3n) is 2.08. The van der Waals surface area contributed by atoms with E-state index >= 15 is 0 Å². The predicted molar refractivity (Wildman–Crippen MR) is 53.3 cm³/mol. The average Bonchev–Trinajstić information content (AvgIpc) is 2.20. The van der Waals surface area contributed by atoms with E-state index in [0.29, 0.717) is 6.42 Å². The number of nitrogens with one attached hydrogen (secondary N) is 1. The molecule has 0 aromatic heterocycles. The highest BCUT2D eigenvalue weighted by molar-refractivity contribution is 5.97. The van der Waals surface area contributed by atoms with Crippen LogP contribution in [0.25, 0.3) is 6.08 Å². The van der Waals surface area contributed by atoms with Gasteiger partial charge < -0.3 is 5.32 Å². The number of benzene rings is 1. The first-order valence-corrected chi connectivity index (χ1v) is 4.32. The number of amides is 1. The lowest BCUT2D eigenvalue weighted by Crippen LogP contribution is -2.10. The molecule has 0 unspecified atom stereocenters. The summed E-state index contributed by atoms with van der Waals surface area (Å²) >= 11 is 0. The van der Waals surface area contributed by atoms with E-state index in [9.17, 15) is 4.79 Å². The van der Waals surface area contributed by atoms with Crippen molar-refractivity contribution in [2.45, 2.75) is 13.3 Å². The summed E-state index contributed by atoms with van der Waals surface area (Å²) in [5.41, 5.74) is 3.10. The molecule has 1 aromatic rings. The van der Waals surface area contributed by atoms with Gasteiger partial charge >= 0.3 is 0 Å². The molecule has 2 nitrogen and oxygen atoms in total.